The van der Waals surface area contributed by atoms with Crippen LogP contribution >= 0.6 is 22.7 Å². The Morgan fingerprint density at radius 2 is 1.16 bits per heavy atom. The molecule has 2 aromatic heterocycles. The number of carbonyl (C=O) groups is 5. The number of amidine groups is 2. The van der Waals surface area contributed by atoms with Gasteiger partial charge in [-0.1, -0.05) is 30.3 Å². The molecule has 8 rings (SSSR count). The predicted molar refractivity (Wildman–Crippen MR) is 255 cm³/mol. The van der Waals surface area contributed by atoms with Gasteiger partial charge in [0, 0.05) is 66.0 Å². The molecule has 3 saturated heterocycles. The second-order valence-electron chi connectivity index (χ2n) is 15.7. The molecule has 0 saturated carbocycles. The molecule has 68 heavy (non-hydrogen) atoms. The summed E-state index contributed by atoms with van der Waals surface area (Å²) in [7, 11) is -3.62. The molecule has 0 radical (unpaired) electrons. The fourth-order valence-electron chi connectivity index (χ4n) is 7.15. The highest BCUT2D eigenvalue weighted by Crippen LogP contribution is 2.25. The minimum atomic E-state index is -3.62. The Balaban J connectivity index is 0.000000215. The van der Waals surface area contributed by atoms with Crippen molar-refractivity contribution in [3.05, 3.63) is 140 Å². The first-order chi connectivity index (χ1) is 32.7. The average Bonchev–Trinajstić information content (AvgIpc) is 4.18. The highest BCUT2D eigenvalue weighted by Gasteiger charge is 2.35. The van der Waals surface area contributed by atoms with E-state index < -0.39 is 28.4 Å². The predicted octanol–water partition coefficient (Wildman–Crippen LogP) is 4.99. The van der Waals surface area contributed by atoms with E-state index >= 15 is 0 Å². The van der Waals surface area contributed by atoms with Gasteiger partial charge in [-0.15, -0.1) is 0 Å². The summed E-state index contributed by atoms with van der Waals surface area (Å²) in [4.78, 5) is 68.3. The summed E-state index contributed by atoms with van der Waals surface area (Å²) in [5, 5.41) is 28.3. The molecule has 2 unspecified atom stereocenters. The van der Waals surface area contributed by atoms with Crippen molar-refractivity contribution in [3.63, 3.8) is 0 Å². The number of benzene rings is 3. The zero-order valence-electron chi connectivity index (χ0n) is 36.7. The Morgan fingerprint density at radius 1 is 0.676 bits per heavy atom. The molecular formula is C46H48N8O11S3. The Kier molecular flexibility index (Phi) is 16.4. The summed E-state index contributed by atoms with van der Waals surface area (Å²) in [6.45, 7) is 4.49. The van der Waals surface area contributed by atoms with Crippen LogP contribution in [0.1, 0.15) is 37.4 Å². The van der Waals surface area contributed by atoms with Gasteiger partial charge in [0.15, 0.2) is 0 Å². The van der Waals surface area contributed by atoms with E-state index in [1.165, 1.54) is 27.6 Å². The van der Waals surface area contributed by atoms with Crippen molar-refractivity contribution < 1.29 is 50.8 Å². The fourth-order valence-corrected chi connectivity index (χ4v) is 8.82. The number of carbonyl (C=O) groups excluding carboxylic acids is 5. The van der Waals surface area contributed by atoms with Gasteiger partial charge in [0.2, 0.25) is 0 Å². The van der Waals surface area contributed by atoms with E-state index in [-0.39, 0.29) is 61.9 Å². The SMILES string of the molecule is CS(=O)(=O)OCC1CN(c2ccc(C(=N)NC(=O)c3ccsc3)cc2)C(=O)O1.N=C(NC(=O)c1ccsc1)c1ccc(N2CC(CN3CCN(CC(=O)OCc4ccccc4)CC3)OC2=O)cc1. The topological polar surface area (TPSA) is 241 Å². The van der Waals surface area contributed by atoms with Gasteiger partial charge < -0.3 is 24.8 Å². The first kappa shape index (κ1) is 49.1. The molecule has 4 amide bonds. The van der Waals surface area contributed by atoms with Crippen LogP contribution in [0.15, 0.2) is 113 Å². The third-order valence-corrected chi connectivity index (χ3v) is 12.6. The molecule has 3 aromatic carbocycles. The molecule has 5 aromatic rings. The number of nitrogens with zero attached hydrogens (tertiary/aromatic N) is 4. The number of hydrogen-bond donors (Lipinski definition) is 4. The van der Waals surface area contributed by atoms with E-state index in [1.54, 1.807) is 81.7 Å². The molecule has 3 aliphatic heterocycles. The van der Waals surface area contributed by atoms with Crippen molar-refractivity contribution in [1.29, 1.82) is 10.8 Å². The molecule has 0 bridgehead atoms. The molecule has 19 nitrogen and oxygen atoms in total. The molecule has 5 heterocycles. The van der Waals surface area contributed by atoms with Gasteiger partial charge >= 0.3 is 18.2 Å². The molecule has 3 fully saturated rings. The van der Waals surface area contributed by atoms with Gasteiger partial charge in [-0.3, -0.25) is 49.0 Å². The lowest BCUT2D eigenvalue weighted by atomic mass is 10.1. The Labute approximate surface area is 400 Å². The Hall–Kier alpha value is -6.82. The van der Waals surface area contributed by atoms with Crippen LogP contribution in [0.2, 0.25) is 0 Å². The normalized spacial score (nSPS) is 17.4. The first-order valence-corrected chi connectivity index (χ1v) is 24.9. The van der Waals surface area contributed by atoms with E-state index in [4.69, 9.17) is 25.0 Å². The van der Waals surface area contributed by atoms with E-state index in [1.807, 2.05) is 35.7 Å². The molecule has 356 valence electrons. The van der Waals surface area contributed by atoms with Crippen LogP contribution in [-0.4, -0.2) is 137 Å². The number of amides is 4. The van der Waals surface area contributed by atoms with Gasteiger partial charge in [-0.2, -0.15) is 31.1 Å². The molecule has 0 spiro atoms. The van der Waals surface area contributed by atoms with Crippen molar-refractivity contribution >= 4 is 85.8 Å². The van der Waals surface area contributed by atoms with Gasteiger partial charge in [0.05, 0.1) is 37.0 Å². The summed E-state index contributed by atoms with van der Waals surface area (Å²) >= 11 is 2.81. The standard InChI is InChI=1S/C29H31N5O5S.C17H17N3O6S2/c30-27(31-28(36)23-10-15-40-20-23)22-6-8-24(9-7-22)34-17-25(39-29(34)37)16-32-11-13-33(14-12-32)18-26(35)38-19-21-4-2-1-3-5-21;1-28(23,24)25-9-14-8-20(17(22)26-14)13-4-2-11(3-5-13)15(18)19-16(21)12-6-7-27-10-12/h1-10,15,20,25H,11-14,16-19H2,(H2,30,31,36);2-7,10,14H,8-9H2,1H3,(H2,18,19,21). The number of hydrogen-bond acceptors (Lipinski definition) is 17. The van der Waals surface area contributed by atoms with Gasteiger partial charge in [0.1, 0.15) is 37.1 Å². The number of anilines is 2. The summed E-state index contributed by atoms with van der Waals surface area (Å²) in [5.74, 6) is -1.000. The molecular weight excluding hydrogens is 937 g/mol. The van der Waals surface area contributed by atoms with Crippen LogP contribution < -0.4 is 20.4 Å². The lowest BCUT2D eigenvalue weighted by molar-refractivity contribution is -0.146. The largest absolute Gasteiger partial charge is 0.460 e. The van der Waals surface area contributed by atoms with E-state index in [2.05, 4.69) is 24.6 Å². The number of ether oxygens (including phenoxy) is 3. The van der Waals surface area contributed by atoms with Crippen molar-refractivity contribution in [3.8, 4) is 0 Å². The van der Waals surface area contributed by atoms with Crippen LogP contribution in [0.25, 0.3) is 0 Å². The summed E-state index contributed by atoms with van der Waals surface area (Å²) in [6.07, 6.45) is -1.07. The Bertz CT molecular complexity index is 2680. The van der Waals surface area contributed by atoms with Crippen molar-refractivity contribution in [1.82, 2.24) is 20.4 Å². The maximum atomic E-state index is 12.6. The maximum absolute atomic E-state index is 12.6. The number of cyclic esters (lactones) is 2. The third kappa shape index (κ3) is 13.9. The van der Waals surface area contributed by atoms with Crippen LogP contribution in [0.3, 0.4) is 0 Å². The van der Waals surface area contributed by atoms with Gasteiger partial charge in [-0.25, -0.2) is 9.59 Å². The third-order valence-electron chi connectivity index (χ3n) is 10.7. The first-order valence-electron chi connectivity index (χ1n) is 21.2. The number of piperazine rings is 1. The smallest absolute Gasteiger partial charge is 0.414 e. The molecule has 0 aliphatic carbocycles. The second kappa shape index (κ2) is 22.8. The minimum absolute atomic E-state index is 0.00627. The molecule has 22 heteroatoms. The number of nitrogens with one attached hydrogen (secondary N) is 4. The number of thiophene rings is 2. The summed E-state index contributed by atoms with van der Waals surface area (Å²) < 4.78 is 42.9. The van der Waals surface area contributed by atoms with E-state index in [0.717, 1.165) is 38.0 Å². The fraction of sp³-hybridized carbons (Fsp3) is 0.283. The Morgan fingerprint density at radius 3 is 1.65 bits per heavy atom. The van der Waals surface area contributed by atoms with E-state index in [9.17, 15) is 32.4 Å². The molecule has 2 atom stereocenters. The highest BCUT2D eigenvalue weighted by molar-refractivity contribution is 7.86. The van der Waals surface area contributed by atoms with Gasteiger partial charge in [0.25, 0.3) is 21.9 Å². The zero-order valence-corrected chi connectivity index (χ0v) is 39.1. The maximum Gasteiger partial charge on any atom is 0.414 e. The van der Waals surface area contributed by atoms with Crippen molar-refractivity contribution in [2.75, 3.05) is 75.0 Å². The van der Waals surface area contributed by atoms with Crippen LogP contribution in [0.5, 0.6) is 0 Å². The minimum Gasteiger partial charge on any atom is -0.460 e. The van der Waals surface area contributed by atoms with Crippen LogP contribution in [-0.2, 0) is 39.9 Å². The van der Waals surface area contributed by atoms with Crippen molar-refractivity contribution in [2.24, 2.45) is 0 Å². The van der Waals surface area contributed by atoms with E-state index in [0.29, 0.717) is 46.7 Å². The van der Waals surface area contributed by atoms with Gasteiger partial charge in [-0.05, 0) is 77.0 Å². The monoisotopic (exact) mass is 984 g/mol. The highest BCUT2D eigenvalue weighted by atomic mass is 32.2. The molecule has 3 aliphatic rings. The summed E-state index contributed by atoms with van der Waals surface area (Å²) in [6, 6.07) is 26.3. The van der Waals surface area contributed by atoms with Crippen molar-refractivity contribution in [2.45, 2.75) is 18.8 Å². The number of esters is 1. The lowest BCUT2D eigenvalue weighted by Crippen LogP contribution is -2.50. The summed E-state index contributed by atoms with van der Waals surface area (Å²) in [5.41, 5.74) is 4.16. The average molecular weight is 985 g/mol. The number of rotatable bonds is 15. The zero-order chi connectivity index (χ0) is 48.2. The lowest BCUT2D eigenvalue weighted by Gasteiger charge is -2.34. The quantitative estimate of drug-likeness (QED) is 0.0356. The van der Waals surface area contributed by atoms with Crippen LogP contribution in [0.4, 0.5) is 21.0 Å². The second-order valence-corrected chi connectivity index (χ2v) is 18.9. The van der Waals surface area contributed by atoms with Crippen LogP contribution in [0, 0.1) is 10.8 Å². The molecule has 4 N–H and O–H groups in total.